The number of hydrogen-bond acceptors (Lipinski definition) is 3. The summed E-state index contributed by atoms with van der Waals surface area (Å²) in [6.07, 6.45) is 1.53. The molecule has 2 aromatic rings. The van der Waals surface area contributed by atoms with Gasteiger partial charge < -0.3 is 10.6 Å². The molecule has 1 aromatic carbocycles. The Kier molecular flexibility index (Phi) is 3.05. The van der Waals surface area contributed by atoms with Gasteiger partial charge in [-0.2, -0.15) is 0 Å². The summed E-state index contributed by atoms with van der Waals surface area (Å²) in [4.78, 5) is 17.6. The van der Waals surface area contributed by atoms with Gasteiger partial charge in [0.25, 0.3) is 5.91 Å². The molecule has 0 aliphatic carbocycles. The Hall–Kier alpha value is -2.36. The summed E-state index contributed by atoms with van der Waals surface area (Å²) in [6, 6.07) is 12.7. The SMILES string of the molecule is CN(C(=O)c1ccnc(N)c1)c1ccccc1. The zero-order valence-electron chi connectivity index (χ0n) is 9.50. The Morgan fingerprint density at radius 3 is 2.59 bits per heavy atom. The minimum absolute atomic E-state index is 0.106. The summed E-state index contributed by atoms with van der Waals surface area (Å²) < 4.78 is 0. The largest absolute Gasteiger partial charge is 0.384 e. The van der Waals surface area contributed by atoms with Gasteiger partial charge in [-0.1, -0.05) is 18.2 Å². The summed E-state index contributed by atoms with van der Waals surface area (Å²) in [6.45, 7) is 0. The van der Waals surface area contributed by atoms with E-state index in [4.69, 9.17) is 5.73 Å². The summed E-state index contributed by atoms with van der Waals surface area (Å²) in [5.41, 5.74) is 6.93. The van der Waals surface area contributed by atoms with Crippen LogP contribution < -0.4 is 10.6 Å². The Bertz CT molecular complexity index is 525. The third-order valence-electron chi connectivity index (χ3n) is 2.48. The summed E-state index contributed by atoms with van der Waals surface area (Å²) in [5, 5.41) is 0. The van der Waals surface area contributed by atoms with Crippen LogP contribution in [0.4, 0.5) is 11.5 Å². The monoisotopic (exact) mass is 227 g/mol. The van der Waals surface area contributed by atoms with Crippen molar-refractivity contribution in [2.45, 2.75) is 0 Å². The molecule has 0 aliphatic heterocycles. The van der Waals surface area contributed by atoms with Crippen LogP contribution in [0.5, 0.6) is 0 Å². The van der Waals surface area contributed by atoms with Gasteiger partial charge in [0.1, 0.15) is 5.82 Å². The van der Waals surface area contributed by atoms with E-state index in [2.05, 4.69) is 4.98 Å². The second-order valence-electron chi connectivity index (χ2n) is 3.67. The minimum Gasteiger partial charge on any atom is -0.384 e. The maximum absolute atomic E-state index is 12.1. The second kappa shape index (κ2) is 4.65. The molecule has 0 saturated carbocycles. The number of benzene rings is 1. The number of aromatic nitrogens is 1. The lowest BCUT2D eigenvalue weighted by molar-refractivity contribution is 0.0993. The number of hydrogen-bond donors (Lipinski definition) is 1. The number of pyridine rings is 1. The highest BCUT2D eigenvalue weighted by molar-refractivity contribution is 6.05. The molecule has 0 spiro atoms. The van der Waals surface area contributed by atoms with Gasteiger partial charge in [0.2, 0.25) is 0 Å². The lowest BCUT2D eigenvalue weighted by atomic mass is 10.2. The molecule has 0 atom stereocenters. The second-order valence-corrected chi connectivity index (χ2v) is 3.67. The van der Waals surface area contributed by atoms with Gasteiger partial charge in [0, 0.05) is 24.5 Å². The highest BCUT2D eigenvalue weighted by Gasteiger charge is 2.13. The molecule has 1 amide bonds. The first-order valence-corrected chi connectivity index (χ1v) is 5.23. The number of amides is 1. The number of para-hydroxylation sites is 1. The molecule has 2 rings (SSSR count). The van der Waals surface area contributed by atoms with Gasteiger partial charge in [0.15, 0.2) is 0 Å². The van der Waals surface area contributed by atoms with Crippen LogP contribution in [0.2, 0.25) is 0 Å². The quantitative estimate of drug-likeness (QED) is 0.852. The number of rotatable bonds is 2. The predicted molar refractivity (Wildman–Crippen MR) is 67.8 cm³/mol. The van der Waals surface area contributed by atoms with E-state index in [0.717, 1.165) is 5.69 Å². The lowest BCUT2D eigenvalue weighted by Crippen LogP contribution is -2.26. The molecule has 17 heavy (non-hydrogen) atoms. The van der Waals surface area contributed by atoms with Gasteiger partial charge in [-0.25, -0.2) is 4.98 Å². The molecule has 86 valence electrons. The Morgan fingerprint density at radius 2 is 1.94 bits per heavy atom. The lowest BCUT2D eigenvalue weighted by Gasteiger charge is -2.17. The number of nitrogens with two attached hydrogens (primary N) is 1. The zero-order chi connectivity index (χ0) is 12.3. The number of carbonyl (C=O) groups excluding carboxylic acids is 1. The Morgan fingerprint density at radius 1 is 1.24 bits per heavy atom. The van der Waals surface area contributed by atoms with Crippen LogP contribution in [0.3, 0.4) is 0 Å². The maximum Gasteiger partial charge on any atom is 0.258 e. The van der Waals surface area contributed by atoms with Crippen molar-refractivity contribution in [2.24, 2.45) is 0 Å². The average molecular weight is 227 g/mol. The smallest absolute Gasteiger partial charge is 0.258 e. The first-order valence-electron chi connectivity index (χ1n) is 5.23. The topological polar surface area (TPSA) is 59.2 Å². The maximum atomic E-state index is 12.1. The highest BCUT2D eigenvalue weighted by atomic mass is 16.2. The van der Waals surface area contributed by atoms with Gasteiger partial charge >= 0.3 is 0 Å². The molecule has 4 heteroatoms. The van der Waals surface area contributed by atoms with E-state index >= 15 is 0 Å². The van der Waals surface area contributed by atoms with E-state index in [0.29, 0.717) is 11.4 Å². The van der Waals surface area contributed by atoms with E-state index < -0.39 is 0 Å². The molecule has 4 nitrogen and oxygen atoms in total. The van der Waals surface area contributed by atoms with E-state index in [9.17, 15) is 4.79 Å². The molecule has 0 fully saturated rings. The van der Waals surface area contributed by atoms with Crippen LogP contribution in [0.1, 0.15) is 10.4 Å². The number of nitrogen functional groups attached to an aromatic ring is 1. The molecule has 2 N–H and O–H groups in total. The fraction of sp³-hybridized carbons (Fsp3) is 0.0769. The van der Waals surface area contributed by atoms with Gasteiger partial charge in [0.05, 0.1) is 0 Å². The van der Waals surface area contributed by atoms with Crippen molar-refractivity contribution in [1.29, 1.82) is 0 Å². The van der Waals surface area contributed by atoms with Crippen molar-refractivity contribution >= 4 is 17.4 Å². The predicted octanol–water partition coefficient (Wildman–Crippen LogP) is 1.94. The van der Waals surface area contributed by atoms with Crippen molar-refractivity contribution < 1.29 is 4.79 Å². The minimum atomic E-state index is -0.106. The Labute approximate surface area is 99.7 Å². The average Bonchev–Trinajstić information content (AvgIpc) is 2.38. The van der Waals surface area contributed by atoms with Crippen molar-refractivity contribution in [3.8, 4) is 0 Å². The number of anilines is 2. The van der Waals surface area contributed by atoms with Gasteiger partial charge in [-0.3, -0.25) is 4.79 Å². The van der Waals surface area contributed by atoms with Crippen LogP contribution in [-0.4, -0.2) is 17.9 Å². The molecule has 1 aromatic heterocycles. The normalized spacial score (nSPS) is 9.94. The summed E-state index contributed by atoms with van der Waals surface area (Å²) in [5.74, 6) is 0.239. The third kappa shape index (κ3) is 2.42. The zero-order valence-corrected chi connectivity index (χ0v) is 9.50. The standard InChI is InChI=1S/C13H13N3O/c1-16(11-5-3-2-4-6-11)13(17)10-7-8-15-12(14)9-10/h2-9H,1H3,(H2,14,15). The molecule has 0 radical (unpaired) electrons. The van der Waals surface area contributed by atoms with E-state index in [1.807, 2.05) is 30.3 Å². The molecule has 1 heterocycles. The van der Waals surface area contributed by atoms with E-state index in [-0.39, 0.29) is 5.91 Å². The van der Waals surface area contributed by atoms with Gasteiger partial charge in [-0.05, 0) is 24.3 Å². The van der Waals surface area contributed by atoms with Gasteiger partial charge in [-0.15, -0.1) is 0 Å². The van der Waals surface area contributed by atoms with Crippen molar-refractivity contribution in [3.63, 3.8) is 0 Å². The number of carbonyl (C=O) groups is 1. The van der Waals surface area contributed by atoms with Crippen LogP contribution in [-0.2, 0) is 0 Å². The molecular weight excluding hydrogens is 214 g/mol. The van der Waals surface area contributed by atoms with Crippen LogP contribution in [0, 0.1) is 0 Å². The first kappa shape index (κ1) is 11.1. The van der Waals surface area contributed by atoms with Crippen molar-refractivity contribution in [1.82, 2.24) is 4.98 Å². The fourth-order valence-electron chi connectivity index (χ4n) is 1.54. The molecular formula is C13H13N3O. The van der Waals surface area contributed by atoms with Crippen molar-refractivity contribution in [3.05, 3.63) is 54.2 Å². The molecule has 0 bridgehead atoms. The first-order chi connectivity index (χ1) is 8.18. The van der Waals surface area contributed by atoms with Crippen LogP contribution >= 0.6 is 0 Å². The fourth-order valence-corrected chi connectivity index (χ4v) is 1.54. The van der Waals surface area contributed by atoms with Crippen molar-refractivity contribution in [2.75, 3.05) is 17.7 Å². The Balaban J connectivity index is 2.27. The third-order valence-corrected chi connectivity index (χ3v) is 2.48. The molecule has 0 unspecified atom stereocenters. The summed E-state index contributed by atoms with van der Waals surface area (Å²) in [7, 11) is 1.73. The van der Waals surface area contributed by atoms with Crippen LogP contribution in [0.25, 0.3) is 0 Å². The van der Waals surface area contributed by atoms with E-state index in [1.165, 1.54) is 6.20 Å². The highest BCUT2D eigenvalue weighted by Crippen LogP contribution is 2.15. The van der Waals surface area contributed by atoms with Crippen LogP contribution in [0.15, 0.2) is 48.7 Å². The number of nitrogens with zero attached hydrogens (tertiary/aromatic N) is 2. The molecule has 0 saturated heterocycles. The summed E-state index contributed by atoms with van der Waals surface area (Å²) >= 11 is 0. The van der Waals surface area contributed by atoms with E-state index in [1.54, 1.807) is 24.1 Å². The molecule has 0 aliphatic rings.